The van der Waals surface area contributed by atoms with E-state index < -0.39 is 0 Å². The number of aromatic nitrogens is 2. The van der Waals surface area contributed by atoms with E-state index in [1.54, 1.807) is 18.2 Å². The van der Waals surface area contributed by atoms with E-state index in [2.05, 4.69) is 10.1 Å². The maximum absolute atomic E-state index is 12.7. The van der Waals surface area contributed by atoms with Gasteiger partial charge in [-0.3, -0.25) is 4.79 Å². The molecule has 2 aromatic carbocycles. The first-order chi connectivity index (χ1) is 13.5. The normalized spacial score (nSPS) is 15.0. The molecule has 0 spiro atoms. The Hall–Kier alpha value is -2.37. The quantitative estimate of drug-likeness (QED) is 0.576. The van der Waals surface area contributed by atoms with Crippen LogP contribution in [0.1, 0.15) is 40.6 Å². The predicted octanol–water partition coefficient (Wildman–Crippen LogP) is 5.37. The summed E-state index contributed by atoms with van der Waals surface area (Å²) in [5.74, 6) is 1.32. The van der Waals surface area contributed by atoms with E-state index in [1.165, 1.54) is 5.56 Å². The number of piperidine rings is 1. The van der Waals surface area contributed by atoms with Crippen LogP contribution >= 0.6 is 23.2 Å². The van der Waals surface area contributed by atoms with E-state index in [4.69, 9.17) is 27.7 Å². The monoisotopic (exact) mass is 415 g/mol. The first-order valence-corrected chi connectivity index (χ1v) is 9.91. The zero-order valence-electron chi connectivity index (χ0n) is 15.4. The second-order valence-corrected chi connectivity index (χ2v) is 7.92. The second kappa shape index (κ2) is 7.94. The van der Waals surface area contributed by atoms with Crippen molar-refractivity contribution in [2.45, 2.75) is 25.7 Å². The zero-order chi connectivity index (χ0) is 19.7. The Morgan fingerprint density at radius 2 is 1.71 bits per heavy atom. The maximum atomic E-state index is 12.7. The van der Waals surface area contributed by atoms with E-state index in [1.807, 2.05) is 36.1 Å². The number of carbonyl (C=O) groups is 1. The smallest absolute Gasteiger partial charge is 0.253 e. The molecule has 0 saturated carbocycles. The van der Waals surface area contributed by atoms with Crippen LogP contribution in [-0.4, -0.2) is 34.0 Å². The highest BCUT2D eigenvalue weighted by molar-refractivity contribution is 6.35. The van der Waals surface area contributed by atoms with E-state index in [0.29, 0.717) is 40.4 Å². The molecule has 5 nitrogen and oxygen atoms in total. The Bertz CT molecular complexity index is 973. The molecule has 0 aliphatic carbocycles. The van der Waals surface area contributed by atoms with Gasteiger partial charge in [0.05, 0.1) is 0 Å². The van der Waals surface area contributed by atoms with Gasteiger partial charge in [-0.2, -0.15) is 4.98 Å². The summed E-state index contributed by atoms with van der Waals surface area (Å²) in [7, 11) is 0. The van der Waals surface area contributed by atoms with Crippen LogP contribution in [0.5, 0.6) is 0 Å². The summed E-state index contributed by atoms with van der Waals surface area (Å²) >= 11 is 12.0. The molecule has 1 aromatic heterocycles. The molecule has 28 heavy (non-hydrogen) atoms. The fraction of sp³-hybridized carbons (Fsp3) is 0.286. The minimum atomic E-state index is -0.0614. The van der Waals surface area contributed by atoms with Gasteiger partial charge in [0.1, 0.15) is 0 Å². The van der Waals surface area contributed by atoms with Gasteiger partial charge < -0.3 is 9.42 Å². The van der Waals surface area contributed by atoms with E-state index in [0.717, 1.165) is 18.4 Å². The molecule has 1 aliphatic rings. The number of rotatable bonds is 3. The first kappa shape index (κ1) is 19.0. The van der Waals surface area contributed by atoms with Crippen LogP contribution < -0.4 is 0 Å². The molecule has 3 aromatic rings. The fourth-order valence-electron chi connectivity index (χ4n) is 3.41. The number of nitrogens with zero attached hydrogens (tertiary/aromatic N) is 3. The molecule has 1 amide bonds. The number of amides is 1. The van der Waals surface area contributed by atoms with Crippen molar-refractivity contribution in [3.63, 3.8) is 0 Å². The number of hydrogen-bond donors (Lipinski definition) is 0. The molecular weight excluding hydrogens is 397 g/mol. The highest BCUT2D eigenvalue weighted by Crippen LogP contribution is 2.30. The molecule has 7 heteroatoms. The van der Waals surface area contributed by atoms with Gasteiger partial charge in [0.15, 0.2) is 0 Å². The summed E-state index contributed by atoms with van der Waals surface area (Å²) < 4.78 is 5.50. The molecule has 1 aliphatic heterocycles. The summed E-state index contributed by atoms with van der Waals surface area (Å²) in [6.07, 6.45) is 1.55. The number of aryl methyl sites for hydroxylation is 1. The standard InChI is InChI=1S/C21H19Cl2N3O2/c1-13-2-4-14(5-3-13)19-24-20(28-25-19)15-6-8-26(9-7-15)21(27)16-10-17(22)12-18(23)11-16/h2-5,10-12,15H,6-9H2,1H3. The molecule has 0 atom stereocenters. The van der Waals surface area contributed by atoms with Crippen LogP contribution in [0.3, 0.4) is 0 Å². The largest absolute Gasteiger partial charge is 0.339 e. The topological polar surface area (TPSA) is 59.2 Å². The van der Waals surface area contributed by atoms with Gasteiger partial charge in [0.2, 0.25) is 11.7 Å². The molecular formula is C21H19Cl2N3O2. The minimum absolute atomic E-state index is 0.0614. The van der Waals surface area contributed by atoms with Gasteiger partial charge in [-0.05, 0) is 38.0 Å². The summed E-state index contributed by atoms with van der Waals surface area (Å²) in [4.78, 5) is 19.1. The Morgan fingerprint density at radius 3 is 2.36 bits per heavy atom. The van der Waals surface area contributed by atoms with Crippen LogP contribution in [0.15, 0.2) is 47.0 Å². The molecule has 144 valence electrons. The predicted molar refractivity (Wildman–Crippen MR) is 109 cm³/mol. The number of likely N-dealkylation sites (tertiary alicyclic amines) is 1. The highest BCUT2D eigenvalue weighted by atomic mass is 35.5. The summed E-state index contributed by atoms with van der Waals surface area (Å²) in [5.41, 5.74) is 2.63. The number of hydrogen-bond acceptors (Lipinski definition) is 4. The minimum Gasteiger partial charge on any atom is -0.339 e. The maximum Gasteiger partial charge on any atom is 0.253 e. The molecule has 1 fully saturated rings. The molecule has 1 saturated heterocycles. The van der Waals surface area contributed by atoms with E-state index >= 15 is 0 Å². The fourth-order valence-corrected chi connectivity index (χ4v) is 3.94. The number of carbonyl (C=O) groups excluding carboxylic acids is 1. The lowest BCUT2D eigenvalue weighted by Gasteiger charge is -2.30. The van der Waals surface area contributed by atoms with E-state index in [9.17, 15) is 4.79 Å². The van der Waals surface area contributed by atoms with Crippen LogP contribution in [0.25, 0.3) is 11.4 Å². The van der Waals surface area contributed by atoms with Crippen molar-refractivity contribution >= 4 is 29.1 Å². The molecule has 4 rings (SSSR count). The lowest BCUT2D eigenvalue weighted by molar-refractivity contribution is 0.0704. The Morgan fingerprint density at radius 1 is 1.07 bits per heavy atom. The van der Waals surface area contributed by atoms with Crippen LogP contribution in [-0.2, 0) is 0 Å². The summed E-state index contributed by atoms with van der Waals surface area (Å²) in [6.45, 7) is 3.28. The second-order valence-electron chi connectivity index (χ2n) is 7.05. The Balaban J connectivity index is 1.41. The van der Waals surface area contributed by atoms with Crippen LogP contribution in [0, 0.1) is 6.92 Å². The van der Waals surface area contributed by atoms with Crippen molar-refractivity contribution in [3.05, 3.63) is 69.5 Å². The highest BCUT2D eigenvalue weighted by Gasteiger charge is 2.28. The van der Waals surface area contributed by atoms with Crippen LogP contribution in [0.2, 0.25) is 10.0 Å². The third-order valence-electron chi connectivity index (χ3n) is 4.99. The van der Waals surface area contributed by atoms with Crippen molar-refractivity contribution < 1.29 is 9.32 Å². The number of benzene rings is 2. The summed E-state index contributed by atoms with van der Waals surface area (Å²) in [5, 5.41) is 5.03. The van der Waals surface area contributed by atoms with Crippen molar-refractivity contribution in [2.75, 3.05) is 13.1 Å². The van der Waals surface area contributed by atoms with E-state index in [-0.39, 0.29) is 11.8 Å². The van der Waals surface area contributed by atoms with Crippen molar-refractivity contribution in [3.8, 4) is 11.4 Å². The Kier molecular flexibility index (Phi) is 5.38. The molecule has 2 heterocycles. The lowest BCUT2D eigenvalue weighted by Crippen LogP contribution is -2.38. The third kappa shape index (κ3) is 4.05. The molecule has 0 bridgehead atoms. The van der Waals surface area contributed by atoms with Gasteiger partial charge >= 0.3 is 0 Å². The van der Waals surface area contributed by atoms with Gasteiger partial charge in [-0.1, -0.05) is 58.2 Å². The molecule has 0 unspecified atom stereocenters. The SMILES string of the molecule is Cc1ccc(-c2noc(C3CCN(C(=O)c4cc(Cl)cc(Cl)c4)CC3)n2)cc1. The van der Waals surface area contributed by atoms with Crippen molar-refractivity contribution in [1.29, 1.82) is 0 Å². The third-order valence-corrected chi connectivity index (χ3v) is 5.43. The van der Waals surface area contributed by atoms with Gasteiger partial charge in [0.25, 0.3) is 5.91 Å². The lowest BCUT2D eigenvalue weighted by atomic mass is 9.96. The molecule has 0 N–H and O–H groups in total. The van der Waals surface area contributed by atoms with Crippen molar-refractivity contribution in [1.82, 2.24) is 15.0 Å². The molecule has 0 radical (unpaired) electrons. The average molecular weight is 416 g/mol. The van der Waals surface area contributed by atoms with Gasteiger partial charge in [-0.25, -0.2) is 0 Å². The first-order valence-electron chi connectivity index (χ1n) is 9.15. The zero-order valence-corrected chi connectivity index (χ0v) is 16.9. The Labute approximate surface area is 173 Å². The van der Waals surface area contributed by atoms with Crippen LogP contribution in [0.4, 0.5) is 0 Å². The average Bonchev–Trinajstić information content (AvgIpc) is 3.17. The number of halogens is 2. The van der Waals surface area contributed by atoms with Gasteiger partial charge in [0, 0.05) is 40.2 Å². The summed E-state index contributed by atoms with van der Waals surface area (Å²) in [6, 6.07) is 12.9. The van der Waals surface area contributed by atoms with Gasteiger partial charge in [-0.15, -0.1) is 0 Å². The van der Waals surface area contributed by atoms with Crippen molar-refractivity contribution in [2.24, 2.45) is 0 Å².